The topological polar surface area (TPSA) is 81.1 Å². The number of nitrogens with zero attached hydrogens (tertiary/aromatic N) is 5. The van der Waals surface area contributed by atoms with Crippen molar-refractivity contribution in [2.75, 3.05) is 13.1 Å². The lowest BCUT2D eigenvalue weighted by Crippen LogP contribution is -2.31. The number of ether oxygens (including phenoxy) is 1. The van der Waals surface area contributed by atoms with Crippen molar-refractivity contribution in [2.45, 2.75) is 19.4 Å². The minimum atomic E-state index is -0.121. The van der Waals surface area contributed by atoms with Gasteiger partial charge < -0.3 is 9.64 Å². The molecule has 2 aromatic heterocycles. The summed E-state index contributed by atoms with van der Waals surface area (Å²) < 4.78 is 5.74. The van der Waals surface area contributed by atoms with E-state index in [9.17, 15) is 4.79 Å². The molecule has 0 spiro atoms. The third kappa shape index (κ3) is 3.13. The number of aryl methyl sites for hydroxylation is 1. The van der Waals surface area contributed by atoms with E-state index in [1.807, 2.05) is 13.0 Å². The molecule has 1 aliphatic heterocycles. The summed E-state index contributed by atoms with van der Waals surface area (Å²) >= 11 is 0. The van der Waals surface area contributed by atoms with Crippen LogP contribution in [0.1, 0.15) is 22.6 Å². The predicted molar refractivity (Wildman–Crippen MR) is 73.7 cm³/mol. The van der Waals surface area contributed by atoms with Gasteiger partial charge in [0.25, 0.3) is 5.91 Å². The van der Waals surface area contributed by atoms with Gasteiger partial charge in [-0.2, -0.15) is 5.10 Å². The summed E-state index contributed by atoms with van der Waals surface area (Å²) in [6.45, 7) is 3.03. The molecule has 3 heterocycles. The molecule has 1 amide bonds. The summed E-state index contributed by atoms with van der Waals surface area (Å²) in [5.41, 5.74) is 1.20. The first kappa shape index (κ1) is 13.4. The summed E-state index contributed by atoms with van der Waals surface area (Å²) in [5, 5.41) is 7.92. The van der Waals surface area contributed by atoms with Crippen molar-refractivity contribution in [3.8, 4) is 5.88 Å². The lowest BCUT2D eigenvalue weighted by atomic mass is 10.3. The number of likely N-dealkylation sites (tertiary alicyclic amines) is 1. The molecule has 3 rings (SSSR count). The lowest BCUT2D eigenvalue weighted by Gasteiger charge is -2.16. The van der Waals surface area contributed by atoms with Gasteiger partial charge in [-0.3, -0.25) is 9.78 Å². The van der Waals surface area contributed by atoms with Gasteiger partial charge in [0.15, 0.2) is 0 Å². The molecular weight excluding hydrogens is 270 g/mol. The van der Waals surface area contributed by atoms with Crippen molar-refractivity contribution in [3.63, 3.8) is 0 Å². The van der Waals surface area contributed by atoms with Gasteiger partial charge in [-0.25, -0.2) is 4.98 Å². The maximum absolute atomic E-state index is 12.2. The fourth-order valence-electron chi connectivity index (χ4n) is 2.20. The Balaban J connectivity index is 1.60. The zero-order valence-corrected chi connectivity index (χ0v) is 11.6. The molecule has 7 nitrogen and oxygen atoms in total. The first-order chi connectivity index (χ1) is 10.2. The molecule has 0 bridgehead atoms. The third-order valence-electron chi connectivity index (χ3n) is 3.28. The lowest BCUT2D eigenvalue weighted by molar-refractivity contribution is 0.0764. The molecule has 7 heteroatoms. The van der Waals surface area contributed by atoms with E-state index >= 15 is 0 Å². The van der Waals surface area contributed by atoms with Crippen molar-refractivity contribution in [1.82, 2.24) is 25.1 Å². The second kappa shape index (κ2) is 5.82. The average Bonchev–Trinajstić information content (AvgIpc) is 2.98. The molecule has 0 unspecified atom stereocenters. The summed E-state index contributed by atoms with van der Waals surface area (Å²) in [5.74, 6) is 0.364. The number of rotatable bonds is 3. The summed E-state index contributed by atoms with van der Waals surface area (Å²) in [7, 11) is 0. The fraction of sp³-hybridized carbons (Fsp3) is 0.357. The van der Waals surface area contributed by atoms with Crippen LogP contribution in [0.25, 0.3) is 0 Å². The van der Waals surface area contributed by atoms with Crippen LogP contribution >= 0.6 is 0 Å². The highest BCUT2D eigenvalue weighted by Gasteiger charge is 2.29. The van der Waals surface area contributed by atoms with Crippen LogP contribution in [0.5, 0.6) is 5.88 Å². The summed E-state index contributed by atoms with van der Waals surface area (Å²) in [6.07, 6.45) is 5.23. The molecule has 21 heavy (non-hydrogen) atoms. The highest BCUT2D eigenvalue weighted by Crippen LogP contribution is 2.17. The zero-order valence-electron chi connectivity index (χ0n) is 11.6. The Labute approximate surface area is 122 Å². The van der Waals surface area contributed by atoms with E-state index in [4.69, 9.17) is 4.74 Å². The summed E-state index contributed by atoms with van der Waals surface area (Å²) in [6, 6.07) is 3.63. The van der Waals surface area contributed by atoms with E-state index in [-0.39, 0.29) is 12.0 Å². The van der Waals surface area contributed by atoms with E-state index in [0.29, 0.717) is 24.7 Å². The molecule has 2 aromatic rings. The number of aromatic nitrogens is 4. The number of amides is 1. The molecule has 1 fully saturated rings. The molecule has 0 aliphatic carbocycles. The van der Waals surface area contributed by atoms with Gasteiger partial charge in [0.1, 0.15) is 11.8 Å². The quantitative estimate of drug-likeness (QED) is 0.832. The van der Waals surface area contributed by atoms with E-state index in [0.717, 1.165) is 12.1 Å². The number of carbonyl (C=O) groups excluding carboxylic acids is 1. The Morgan fingerprint density at radius 3 is 2.95 bits per heavy atom. The molecule has 0 N–H and O–H groups in total. The molecular formula is C14H15N5O2. The van der Waals surface area contributed by atoms with Crippen molar-refractivity contribution in [2.24, 2.45) is 0 Å². The molecule has 1 atom stereocenters. The van der Waals surface area contributed by atoms with E-state index in [2.05, 4.69) is 20.2 Å². The SMILES string of the molecule is Cc1ccc(O[C@H]2CCN(C(=O)c3cnccn3)C2)nn1. The van der Waals surface area contributed by atoms with Crippen LogP contribution in [0.4, 0.5) is 0 Å². The Morgan fingerprint density at radius 1 is 1.33 bits per heavy atom. The number of carbonyl (C=O) groups is 1. The molecule has 1 aliphatic rings. The first-order valence-corrected chi connectivity index (χ1v) is 6.74. The van der Waals surface area contributed by atoms with Gasteiger partial charge in [-0.05, 0) is 13.0 Å². The van der Waals surface area contributed by atoms with E-state index in [1.54, 1.807) is 17.2 Å². The van der Waals surface area contributed by atoms with Gasteiger partial charge in [-0.1, -0.05) is 0 Å². The molecule has 0 saturated carbocycles. The maximum Gasteiger partial charge on any atom is 0.274 e. The fourth-order valence-corrected chi connectivity index (χ4v) is 2.20. The minimum Gasteiger partial charge on any atom is -0.471 e. The molecule has 0 aromatic carbocycles. The molecule has 1 saturated heterocycles. The smallest absolute Gasteiger partial charge is 0.274 e. The van der Waals surface area contributed by atoms with Gasteiger partial charge in [0, 0.05) is 31.4 Å². The minimum absolute atomic E-state index is 0.0670. The Hall–Kier alpha value is -2.57. The van der Waals surface area contributed by atoms with Crippen LogP contribution in [0.3, 0.4) is 0 Å². The van der Waals surface area contributed by atoms with E-state index < -0.39 is 0 Å². The average molecular weight is 285 g/mol. The summed E-state index contributed by atoms with van der Waals surface area (Å²) in [4.78, 5) is 21.9. The van der Waals surface area contributed by atoms with Crippen LogP contribution in [0, 0.1) is 6.92 Å². The van der Waals surface area contributed by atoms with Crippen LogP contribution in [0.2, 0.25) is 0 Å². The highest BCUT2D eigenvalue weighted by molar-refractivity contribution is 5.92. The Morgan fingerprint density at radius 2 is 2.24 bits per heavy atom. The van der Waals surface area contributed by atoms with Crippen molar-refractivity contribution < 1.29 is 9.53 Å². The van der Waals surface area contributed by atoms with Gasteiger partial charge in [0.05, 0.1) is 18.4 Å². The first-order valence-electron chi connectivity index (χ1n) is 6.74. The largest absolute Gasteiger partial charge is 0.471 e. The van der Waals surface area contributed by atoms with Gasteiger partial charge in [0.2, 0.25) is 5.88 Å². The highest BCUT2D eigenvalue weighted by atomic mass is 16.5. The molecule has 108 valence electrons. The van der Waals surface area contributed by atoms with Crippen molar-refractivity contribution in [1.29, 1.82) is 0 Å². The Bertz CT molecular complexity index is 617. The maximum atomic E-state index is 12.2. The van der Waals surface area contributed by atoms with Crippen LogP contribution in [-0.2, 0) is 0 Å². The standard InChI is InChI=1S/C14H15N5O2/c1-10-2-3-13(18-17-10)21-11-4-7-19(9-11)14(20)12-8-15-5-6-16-12/h2-3,5-6,8,11H,4,7,9H2,1H3/t11-/m0/s1. The molecule has 0 radical (unpaired) electrons. The van der Waals surface area contributed by atoms with Crippen LogP contribution in [0.15, 0.2) is 30.7 Å². The van der Waals surface area contributed by atoms with Crippen LogP contribution < -0.4 is 4.74 Å². The number of hydrogen-bond acceptors (Lipinski definition) is 6. The second-order valence-corrected chi connectivity index (χ2v) is 4.88. The van der Waals surface area contributed by atoms with Crippen molar-refractivity contribution >= 4 is 5.91 Å². The van der Waals surface area contributed by atoms with E-state index in [1.165, 1.54) is 12.4 Å². The van der Waals surface area contributed by atoms with Crippen molar-refractivity contribution in [3.05, 3.63) is 42.1 Å². The number of hydrogen-bond donors (Lipinski definition) is 0. The zero-order chi connectivity index (χ0) is 14.7. The van der Waals surface area contributed by atoms with Crippen LogP contribution in [-0.4, -0.2) is 50.2 Å². The second-order valence-electron chi connectivity index (χ2n) is 4.88. The third-order valence-corrected chi connectivity index (χ3v) is 3.28. The monoisotopic (exact) mass is 285 g/mol. The predicted octanol–water partition coefficient (Wildman–Crippen LogP) is 0.869. The van der Waals surface area contributed by atoms with Gasteiger partial charge >= 0.3 is 0 Å². The Kier molecular flexibility index (Phi) is 3.72. The normalized spacial score (nSPS) is 17.8. The van der Waals surface area contributed by atoms with Gasteiger partial charge in [-0.15, -0.1) is 5.10 Å².